The lowest BCUT2D eigenvalue weighted by molar-refractivity contribution is 0.429. The Morgan fingerprint density at radius 2 is 2.29 bits per heavy atom. The summed E-state index contributed by atoms with van der Waals surface area (Å²) < 4.78 is 0. The van der Waals surface area contributed by atoms with Crippen LogP contribution in [0.4, 0.5) is 5.69 Å². The van der Waals surface area contributed by atoms with Crippen LogP contribution in [0.2, 0.25) is 5.02 Å². The van der Waals surface area contributed by atoms with E-state index >= 15 is 0 Å². The molecule has 0 bridgehead atoms. The predicted molar refractivity (Wildman–Crippen MR) is 70.2 cm³/mol. The number of nitriles is 1. The summed E-state index contributed by atoms with van der Waals surface area (Å²) in [5, 5.41) is 9.76. The number of hydrogen-bond acceptors (Lipinski definition) is 3. The van der Waals surface area contributed by atoms with Crippen molar-refractivity contribution in [2.45, 2.75) is 31.8 Å². The van der Waals surface area contributed by atoms with Crippen LogP contribution >= 0.6 is 11.6 Å². The molecule has 1 heterocycles. The van der Waals surface area contributed by atoms with Crippen LogP contribution in [0.5, 0.6) is 0 Å². The van der Waals surface area contributed by atoms with E-state index in [4.69, 9.17) is 22.6 Å². The number of benzene rings is 1. The van der Waals surface area contributed by atoms with Crippen LogP contribution in [0.15, 0.2) is 18.2 Å². The summed E-state index contributed by atoms with van der Waals surface area (Å²) in [6.45, 7) is 3.05. The van der Waals surface area contributed by atoms with E-state index < -0.39 is 0 Å². The Morgan fingerprint density at radius 1 is 1.53 bits per heavy atom. The molecule has 1 saturated heterocycles. The third-order valence-corrected chi connectivity index (χ3v) is 3.54. The number of nitrogens with zero attached hydrogens (tertiary/aromatic N) is 2. The Labute approximate surface area is 107 Å². The van der Waals surface area contributed by atoms with E-state index in [1.807, 2.05) is 12.1 Å². The monoisotopic (exact) mass is 249 g/mol. The van der Waals surface area contributed by atoms with Gasteiger partial charge in [0.05, 0.1) is 11.3 Å². The van der Waals surface area contributed by atoms with Gasteiger partial charge in [-0.15, -0.1) is 0 Å². The van der Waals surface area contributed by atoms with Gasteiger partial charge in [0.25, 0.3) is 0 Å². The second-order valence-electron chi connectivity index (χ2n) is 4.60. The SMILES string of the molecule is CC1CC(N)CCN1c1ccc(Cl)cc1C#N. The molecule has 0 amide bonds. The highest BCUT2D eigenvalue weighted by Crippen LogP contribution is 2.29. The third-order valence-electron chi connectivity index (χ3n) is 3.31. The second-order valence-corrected chi connectivity index (χ2v) is 5.04. The Bertz CT molecular complexity index is 452. The van der Waals surface area contributed by atoms with Crippen LogP contribution in [-0.4, -0.2) is 18.6 Å². The average molecular weight is 250 g/mol. The van der Waals surface area contributed by atoms with E-state index in [9.17, 15) is 0 Å². The maximum atomic E-state index is 9.15. The van der Waals surface area contributed by atoms with Crippen LogP contribution in [-0.2, 0) is 0 Å². The van der Waals surface area contributed by atoms with E-state index in [-0.39, 0.29) is 6.04 Å². The van der Waals surface area contributed by atoms with Crippen molar-refractivity contribution in [2.24, 2.45) is 5.73 Å². The molecule has 1 aromatic rings. The smallest absolute Gasteiger partial charge is 0.101 e. The molecule has 0 aliphatic carbocycles. The molecule has 1 aromatic carbocycles. The molecule has 1 aliphatic heterocycles. The Balaban J connectivity index is 2.31. The first-order valence-electron chi connectivity index (χ1n) is 5.83. The Morgan fingerprint density at radius 3 is 2.94 bits per heavy atom. The molecule has 90 valence electrons. The molecular formula is C13H16ClN3. The number of hydrogen-bond donors (Lipinski definition) is 1. The molecule has 1 fully saturated rings. The van der Waals surface area contributed by atoms with E-state index in [1.54, 1.807) is 6.07 Å². The zero-order valence-electron chi connectivity index (χ0n) is 9.86. The topological polar surface area (TPSA) is 53.0 Å². The molecule has 0 radical (unpaired) electrons. The van der Waals surface area contributed by atoms with Gasteiger partial charge in [-0.25, -0.2) is 0 Å². The summed E-state index contributed by atoms with van der Waals surface area (Å²) in [5.74, 6) is 0. The van der Waals surface area contributed by atoms with Gasteiger partial charge < -0.3 is 10.6 Å². The van der Waals surface area contributed by atoms with Gasteiger partial charge in [0.2, 0.25) is 0 Å². The van der Waals surface area contributed by atoms with Crippen molar-refractivity contribution in [1.29, 1.82) is 5.26 Å². The Hall–Kier alpha value is -1.24. The van der Waals surface area contributed by atoms with E-state index in [0.717, 1.165) is 25.1 Å². The highest BCUT2D eigenvalue weighted by molar-refractivity contribution is 6.30. The van der Waals surface area contributed by atoms with Gasteiger partial charge in [0.15, 0.2) is 0 Å². The molecule has 0 saturated carbocycles. The van der Waals surface area contributed by atoms with Crippen molar-refractivity contribution >= 4 is 17.3 Å². The van der Waals surface area contributed by atoms with E-state index in [0.29, 0.717) is 16.6 Å². The molecule has 0 spiro atoms. The zero-order chi connectivity index (χ0) is 12.4. The minimum absolute atomic E-state index is 0.277. The summed E-state index contributed by atoms with van der Waals surface area (Å²) in [6, 6.07) is 8.33. The number of nitrogens with two attached hydrogens (primary N) is 1. The zero-order valence-corrected chi connectivity index (χ0v) is 10.6. The molecule has 1 aliphatic rings. The number of piperidine rings is 1. The molecule has 3 nitrogen and oxygen atoms in total. The second kappa shape index (κ2) is 4.95. The Kier molecular flexibility index (Phi) is 3.56. The van der Waals surface area contributed by atoms with Crippen LogP contribution in [0.3, 0.4) is 0 Å². The first kappa shape index (κ1) is 12.2. The summed E-state index contributed by atoms with van der Waals surface area (Å²) in [7, 11) is 0. The highest BCUT2D eigenvalue weighted by atomic mass is 35.5. The van der Waals surface area contributed by atoms with Gasteiger partial charge in [-0.1, -0.05) is 11.6 Å². The number of anilines is 1. The third kappa shape index (κ3) is 2.54. The lowest BCUT2D eigenvalue weighted by atomic mass is 9.97. The van der Waals surface area contributed by atoms with Crippen molar-refractivity contribution in [3.05, 3.63) is 28.8 Å². The van der Waals surface area contributed by atoms with Crippen LogP contribution in [0.25, 0.3) is 0 Å². The lowest BCUT2D eigenvalue weighted by Crippen LogP contribution is -2.45. The maximum absolute atomic E-state index is 9.15. The normalized spacial score (nSPS) is 24.5. The molecule has 2 unspecified atom stereocenters. The molecule has 2 rings (SSSR count). The molecule has 17 heavy (non-hydrogen) atoms. The first-order chi connectivity index (χ1) is 8.11. The fourth-order valence-corrected chi connectivity index (χ4v) is 2.59. The van der Waals surface area contributed by atoms with Crippen LogP contribution < -0.4 is 10.6 Å². The van der Waals surface area contributed by atoms with Gasteiger partial charge in [-0.2, -0.15) is 5.26 Å². The van der Waals surface area contributed by atoms with Crippen LogP contribution in [0.1, 0.15) is 25.3 Å². The molecule has 2 N–H and O–H groups in total. The van der Waals surface area contributed by atoms with Crippen molar-refractivity contribution in [2.75, 3.05) is 11.4 Å². The quantitative estimate of drug-likeness (QED) is 0.832. The van der Waals surface area contributed by atoms with Crippen molar-refractivity contribution < 1.29 is 0 Å². The standard InChI is InChI=1S/C13H16ClN3/c1-9-6-12(16)4-5-17(9)13-3-2-11(14)7-10(13)8-15/h2-3,7,9,12H,4-6,16H2,1H3. The maximum Gasteiger partial charge on any atom is 0.101 e. The molecule has 4 heteroatoms. The van der Waals surface area contributed by atoms with Crippen molar-refractivity contribution in [3.8, 4) is 6.07 Å². The van der Waals surface area contributed by atoms with Crippen molar-refractivity contribution in [3.63, 3.8) is 0 Å². The van der Waals surface area contributed by atoms with E-state index in [2.05, 4.69) is 17.9 Å². The first-order valence-corrected chi connectivity index (χ1v) is 6.21. The van der Waals surface area contributed by atoms with Crippen molar-refractivity contribution in [1.82, 2.24) is 0 Å². The van der Waals surface area contributed by atoms with Gasteiger partial charge in [0, 0.05) is 23.7 Å². The minimum Gasteiger partial charge on any atom is -0.368 e. The fraction of sp³-hybridized carbons (Fsp3) is 0.462. The number of rotatable bonds is 1. The number of halogens is 1. The molecule has 2 atom stereocenters. The molecule has 0 aromatic heterocycles. The summed E-state index contributed by atoms with van der Waals surface area (Å²) >= 11 is 5.90. The summed E-state index contributed by atoms with van der Waals surface area (Å²) in [6.07, 6.45) is 1.94. The van der Waals surface area contributed by atoms with Gasteiger partial charge in [-0.3, -0.25) is 0 Å². The van der Waals surface area contributed by atoms with Gasteiger partial charge >= 0.3 is 0 Å². The largest absolute Gasteiger partial charge is 0.368 e. The highest BCUT2D eigenvalue weighted by Gasteiger charge is 2.24. The average Bonchev–Trinajstić information content (AvgIpc) is 2.30. The van der Waals surface area contributed by atoms with Gasteiger partial charge in [0.1, 0.15) is 6.07 Å². The summed E-state index contributed by atoms with van der Waals surface area (Å²) in [4.78, 5) is 2.25. The molecular weight excluding hydrogens is 234 g/mol. The summed E-state index contributed by atoms with van der Waals surface area (Å²) in [5.41, 5.74) is 7.55. The predicted octanol–water partition coefficient (Wildman–Crippen LogP) is 2.53. The lowest BCUT2D eigenvalue weighted by Gasteiger charge is -2.38. The fourth-order valence-electron chi connectivity index (χ4n) is 2.41. The minimum atomic E-state index is 0.277. The van der Waals surface area contributed by atoms with E-state index in [1.165, 1.54) is 0 Å². The van der Waals surface area contributed by atoms with Gasteiger partial charge in [-0.05, 0) is 38.0 Å². The van der Waals surface area contributed by atoms with Crippen LogP contribution in [0, 0.1) is 11.3 Å².